The Hall–Kier alpha value is -2.75. The summed E-state index contributed by atoms with van der Waals surface area (Å²) in [7, 11) is 1.81. The third kappa shape index (κ3) is 3.51. The van der Waals surface area contributed by atoms with Crippen molar-refractivity contribution in [3.63, 3.8) is 0 Å². The van der Waals surface area contributed by atoms with Crippen LogP contribution in [0.25, 0.3) is 0 Å². The minimum absolute atomic E-state index is 0.00228. The Morgan fingerprint density at radius 2 is 2.18 bits per heavy atom. The fourth-order valence-corrected chi connectivity index (χ4v) is 4.24. The Labute approximate surface area is 166 Å². The number of nitrogens with one attached hydrogen (secondary N) is 1. The molecule has 0 bridgehead atoms. The zero-order valence-corrected chi connectivity index (χ0v) is 17.0. The summed E-state index contributed by atoms with van der Waals surface area (Å²) in [6.07, 6.45) is 3.72. The molecule has 10 heteroatoms. The highest BCUT2D eigenvalue weighted by atomic mass is 32.1. The number of hydrogen-bond donors (Lipinski definition) is 1. The van der Waals surface area contributed by atoms with Crippen molar-refractivity contribution in [2.45, 2.75) is 52.2 Å². The van der Waals surface area contributed by atoms with Gasteiger partial charge in [-0.15, -0.1) is 11.3 Å². The van der Waals surface area contributed by atoms with Crippen LogP contribution in [0.4, 0.5) is 0 Å². The van der Waals surface area contributed by atoms with Crippen LogP contribution in [0, 0.1) is 13.8 Å². The molecule has 0 saturated heterocycles. The Morgan fingerprint density at radius 1 is 1.36 bits per heavy atom. The lowest BCUT2D eigenvalue weighted by Gasteiger charge is -2.16. The van der Waals surface area contributed by atoms with E-state index < -0.39 is 0 Å². The normalized spacial score (nSPS) is 16.6. The summed E-state index contributed by atoms with van der Waals surface area (Å²) in [5.74, 6) is 0.642. The molecule has 0 aromatic carbocycles. The van der Waals surface area contributed by atoms with Gasteiger partial charge in [-0.3, -0.25) is 9.36 Å². The number of fused-ring (bicyclic) bond motifs is 1. The van der Waals surface area contributed by atoms with E-state index in [1.165, 1.54) is 4.68 Å². The monoisotopic (exact) mass is 401 g/mol. The molecule has 0 spiro atoms. The summed E-state index contributed by atoms with van der Waals surface area (Å²) in [6, 6.07) is -0.00228. The Balaban J connectivity index is 1.45. The molecule has 1 aliphatic heterocycles. The van der Waals surface area contributed by atoms with Gasteiger partial charge < -0.3 is 9.88 Å². The molecule has 28 heavy (non-hydrogen) atoms. The maximum Gasteiger partial charge on any atom is 0.346 e. The Morgan fingerprint density at radius 3 is 2.86 bits per heavy atom. The summed E-state index contributed by atoms with van der Waals surface area (Å²) < 4.78 is 4.94. The molecule has 1 N–H and O–H groups in total. The molecular weight excluding hydrogens is 378 g/mol. The molecule has 0 aliphatic carbocycles. The maximum absolute atomic E-state index is 12.7. The Kier molecular flexibility index (Phi) is 4.88. The van der Waals surface area contributed by atoms with E-state index in [1.54, 1.807) is 26.8 Å². The molecule has 0 fully saturated rings. The topological polar surface area (TPSA) is 99.6 Å². The van der Waals surface area contributed by atoms with Crippen molar-refractivity contribution in [2.24, 2.45) is 7.05 Å². The van der Waals surface area contributed by atoms with Crippen LogP contribution >= 0.6 is 11.3 Å². The second-order valence-corrected chi connectivity index (χ2v) is 8.22. The number of carbonyl (C=O) groups excluding carboxylic acids is 1. The van der Waals surface area contributed by atoms with Crippen LogP contribution in [-0.2, 0) is 26.6 Å². The third-order valence-corrected chi connectivity index (χ3v) is 5.89. The first-order valence-corrected chi connectivity index (χ1v) is 10.2. The van der Waals surface area contributed by atoms with Gasteiger partial charge in [0.2, 0.25) is 0 Å². The summed E-state index contributed by atoms with van der Waals surface area (Å²) in [6.45, 7) is 4.70. The number of aryl methyl sites for hydroxylation is 4. The average molecular weight is 401 g/mol. The van der Waals surface area contributed by atoms with Crippen molar-refractivity contribution in [3.05, 3.63) is 50.1 Å². The van der Waals surface area contributed by atoms with Gasteiger partial charge in [0.05, 0.1) is 29.3 Å². The van der Waals surface area contributed by atoms with Crippen LogP contribution in [0.2, 0.25) is 0 Å². The van der Waals surface area contributed by atoms with Crippen LogP contribution < -0.4 is 11.0 Å². The standard InChI is InChI=1S/C18H23N7O2S/c1-11-16(23(3)10-19-11)17(26)21-13-4-5-15-22-25(18(27)24(15)7-6-13)8-14-9-28-12(2)20-14/h9-10,13H,4-8H2,1-3H3,(H,21,26). The molecular formula is C18H23N7O2S. The van der Waals surface area contributed by atoms with E-state index >= 15 is 0 Å². The summed E-state index contributed by atoms with van der Waals surface area (Å²) in [5, 5.41) is 10.5. The van der Waals surface area contributed by atoms with Crippen molar-refractivity contribution in [1.29, 1.82) is 0 Å². The SMILES string of the molecule is Cc1nc(Cn2nc3n(c2=O)CCC(NC(=O)c2c(C)ncn2C)CC3)cs1. The number of thiazole rings is 1. The molecule has 1 unspecified atom stereocenters. The summed E-state index contributed by atoms with van der Waals surface area (Å²) in [5.41, 5.74) is 2.02. The maximum atomic E-state index is 12.7. The highest BCUT2D eigenvalue weighted by Gasteiger charge is 2.24. The number of nitrogens with zero attached hydrogens (tertiary/aromatic N) is 6. The lowest BCUT2D eigenvalue weighted by molar-refractivity contribution is 0.0924. The van der Waals surface area contributed by atoms with Gasteiger partial charge in [-0.2, -0.15) is 5.10 Å². The molecule has 0 saturated carbocycles. The minimum Gasteiger partial charge on any atom is -0.348 e. The average Bonchev–Trinajstić information content (AvgIpc) is 3.25. The lowest BCUT2D eigenvalue weighted by atomic mass is 10.1. The van der Waals surface area contributed by atoms with Crippen molar-refractivity contribution < 1.29 is 4.79 Å². The first-order valence-electron chi connectivity index (χ1n) is 9.28. The van der Waals surface area contributed by atoms with Gasteiger partial charge >= 0.3 is 5.69 Å². The molecule has 1 atom stereocenters. The molecule has 0 radical (unpaired) electrons. The summed E-state index contributed by atoms with van der Waals surface area (Å²) >= 11 is 1.57. The zero-order chi connectivity index (χ0) is 19.8. The highest BCUT2D eigenvalue weighted by molar-refractivity contribution is 7.09. The molecule has 1 aliphatic rings. The molecule has 3 aromatic rings. The fraction of sp³-hybridized carbons (Fsp3) is 0.500. The molecule has 4 heterocycles. The Bertz CT molecular complexity index is 1050. The predicted octanol–water partition coefficient (Wildman–Crippen LogP) is 1.03. The van der Waals surface area contributed by atoms with Crippen LogP contribution in [0.3, 0.4) is 0 Å². The van der Waals surface area contributed by atoms with Crippen LogP contribution in [0.5, 0.6) is 0 Å². The van der Waals surface area contributed by atoms with E-state index in [0.717, 1.165) is 22.9 Å². The second-order valence-electron chi connectivity index (χ2n) is 7.15. The van der Waals surface area contributed by atoms with Gasteiger partial charge in [-0.05, 0) is 26.7 Å². The molecule has 4 rings (SSSR count). The van der Waals surface area contributed by atoms with E-state index in [4.69, 9.17) is 0 Å². The van der Waals surface area contributed by atoms with E-state index in [9.17, 15) is 9.59 Å². The van der Waals surface area contributed by atoms with E-state index in [2.05, 4.69) is 20.4 Å². The van der Waals surface area contributed by atoms with E-state index in [1.807, 2.05) is 26.3 Å². The second kappa shape index (κ2) is 7.34. The van der Waals surface area contributed by atoms with Crippen molar-refractivity contribution in [1.82, 2.24) is 34.2 Å². The van der Waals surface area contributed by atoms with Crippen LogP contribution in [0.1, 0.15) is 45.5 Å². The van der Waals surface area contributed by atoms with Crippen molar-refractivity contribution in [3.8, 4) is 0 Å². The first kappa shape index (κ1) is 18.6. The quantitative estimate of drug-likeness (QED) is 0.704. The number of hydrogen-bond acceptors (Lipinski definition) is 6. The third-order valence-electron chi connectivity index (χ3n) is 5.07. The number of rotatable bonds is 4. The van der Waals surface area contributed by atoms with E-state index in [-0.39, 0.29) is 17.6 Å². The van der Waals surface area contributed by atoms with Gasteiger partial charge in [0.25, 0.3) is 5.91 Å². The molecule has 148 valence electrons. The van der Waals surface area contributed by atoms with Gasteiger partial charge in [0.15, 0.2) is 0 Å². The smallest absolute Gasteiger partial charge is 0.346 e. The van der Waals surface area contributed by atoms with Gasteiger partial charge in [-0.25, -0.2) is 19.4 Å². The van der Waals surface area contributed by atoms with Gasteiger partial charge in [0, 0.05) is 31.4 Å². The van der Waals surface area contributed by atoms with Crippen molar-refractivity contribution >= 4 is 17.2 Å². The zero-order valence-electron chi connectivity index (χ0n) is 16.2. The highest BCUT2D eigenvalue weighted by Crippen LogP contribution is 2.14. The van der Waals surface area contributed by atoms with E-state index in [0.29, 0.717) is 37.3 Å². The van der Waals surface area contributed by atoms with Gasteiger partial charge in [-0.1, -0.05) is 0 Å². The largest absolute Gasteiger partial charge is 0.348 e. The number of amides is 1. The predicted molar refractivity (Wildman–Crippen MR) is 105 cm³/mol. The summed E-state index contributed by atoms with van der Waals surface area (Å²) in [4.78, 5) is 33.9. The minimum atomic E-state index is -0.127. The molecule has 1 amide bonds. The van der Waals surface area contributed by atoms with Crippen LogP contribution in [-0.4, -0.2) is 40.8 Å². The first-order chi connectivity index (χ1) is 13.4. The fourth-order valence-electron chi connectivity index (χ4n) is 3.64. The molecule has 3 aromatic heterocycles. The number of imidazole rings is 1. The molecule has 9 nitrogen and oxygen atoms in total. The number of aromatic nitrogens is 6. The number of carbonyl (C=O) groups is 1. The van der Waals surface area contributed by atoms with Crippen molar-refractivity contribution in [2.75, 3.05) is 0 Å². The van der Waals surface area contributed by atoms with Gasteiger partial charge in [0.1, 0.15) is 11.5 Å². The lowest BCUT2D eigenvalue weighted by Crippen LogP contribution is -2.37. The van der Waals surface area contributed by atoms with Crippen LogP contribution in [0.15, 0.2) is 16.5 Å².